The summed E-state index contributed by atoms with van der Waals surface area (Å²) in [5, 5.41) is 3.97. The molecule has 7 heteroatoms. The van der Waals surface area contributed by atoms with Crippen LogP contribution in [0.15, 0.2) is 144 Å². The summed E-state index contributed by atoms with van der Waals surface area (Å²) < 4.78 is 4.84. The van der Waals surface area contributed by atoms with E-state index < -0.39 is 0 Å². The smallest absolute Gasteiger partial charge is 0.266 e. The predicted molar refractivity (Wildman–Crippen MR) is 193 cm³/mol. The Morgan fingerprint density at radius 3 is 2.04 bits per heavy atom. The molecule has 6 aromatic carbocycles. The highest BCUT2D eigenvalue weighted by molar-refractivity contribution is 7.23. The van der Waals surface area contributed by atoms with Crippen LogP contribution in [0, 0.1) is 0 Å². The van der Waals surface area contributed by atoms with E-state index in [4.69, 9.17) is 15.0 Å². The van der Waals surface area contributed by atoms with Crippen molar-refractivity contribution in [2.75, 3.05) is 0 Å². The topological polar surface area (TPSA) is 65.1 Å². The third-order valence-corrected chi connectivity index (χ3v) is 10.0. The van der Waals surface area contributed by atoms with E-state index in [0.29, 0.717) is 16.3 Å². The maximum absolute atomic E-state index is 13.4. The van der Waals surface area contributed by atoms with Gasteiger partial charge in [-0.1, -0.05) is 102 Å². The van der Waals surface area contributed by atoms with Gasteiger partial charge in [0.25, 0.3) is 5.56 Å². The molecule has 10 aromatic rings. The van der Waals surface area contributed by atoms with Crippen LogP contribution in [-0.2, 0) is 0 Å². The molecule has 0 aliphatic rings. The van der Waals surface area contributed by atoms with E-state index in [9.17, 15) is 4.79 Å². The van der Waals surface area contributed by atoms with Crippen LogP contribution >= 0.6 is 11.3 Å². The highest BCUT2D eigenvalue weighted by Gasteiger charge is 2.18. The average Bonchev–Trinajstić information content (AvgIpc) is 3.66. The van der Waals surface area contributed by atoms with Gasteiger partial charge >= 0.3 is 0 Å². The molecule has 0 spiro atoms. The number of aromatic nitrogens is 5. The second kappa shape index (κ2) is 9.91. The minimum absolute atomic E-state index is 0.0369. The minimum atomic E-state index is -0.0369. The van der Waals surface area contributed by atoms with Crippen LogP contribution in [0.1, 0.15) is 0 Å². The number of benzene rings is 6. The summed E-state index contributed by atoms with van der Waals surface area (Å²) in [4.78, 5) is 29.3. The maximum Gasteiger partial charge on any atom is 0.266 e. The zero-order valence-electron chi connectivity index (χ0n) is 24.8. The number of fused-ring (bicyclic) bond motifs is 8. The molecule has 4 aromatic heterocycles. The maximum atomic E-state index is 13.4. The monoisotopic (exact) mass is 621 g/mol. The molecule has 10 rings (SSSR count). The van der Waals surface area contributed by atoms with Crippen LogP contribution in [-0.4, -0.2) is 23.9 Å². The van der Waals surface area contributed by atoms with Gasteiger partial charge in [0, 0.05) is 26.4 Å². The lowest BCUT2D eigenvalue weighted by Gasteiger charge is -2.11. The molecule has 0 aliphatic carbocycles. The number of hydrogen-bond acceptors (Lipinski definition) is 5. The number of rotatable bonds is 3. The van der Waals surface area contributed by atoms with Crippen LogP contribution in [0.4, 0.5) is 0 Å². The van der Waals surface area contributed by atoms with Crippen molar-refractivity contribution in [3.8, 4) is 28.3 Å². The van der Waals surface area contributed by atoms with Gasteiger partial charge in [-0.3, -0.25) is 9.36 Å². The van der Waals surface area contributed by atoms with E-state index >= 15 is 0 Å². The molecule has 220 valence electrons. The van der Waals surface area contributed by atoms with Crippen LogP contribution in [0.5, 0.6) is 0 Å². The first-order chi connectivity index (χ1) is 23.2. The molecule has 0 aliphatic heterocycles. The van der Waals surface area contributed by atoms with Crippen molar-refractivity contribution in [2.24, 2.45) is 0 Å². The van der Waals surface area contributed by atoms with E-state index in [1.165, 1.54) is 11.3 Å². The van der Waals surface area contributed by atoms with Crippen molar-refractivity contribution in [1.29, 1.82) is 0 Å². The SMILES string of the molecule is O=c1c2ccccc2sc2nc3cc(-c4ccc5c(c4)c4ccccc4n5-c4nc(-c5ccccc5)c5ccccc5n4)ccc3n12. The molecule has 0 atom stereocenters. The van der Waals surface area contributed by atoms with E-state index in [0.717, 1.165) is 70.8 Å². The molecule has 6 nitrogen and oxygen atoms in total. The number of nitrogens with zero attached hydrogens (tertiary/aromatic N) is 5. The number of hydrogen-bond donors (Lipinski definition) is 0. The molecule has 0 saturated heterocycles. The molecule has 4 heterocycles. The Bertz CT molecular complexity index is 2940. The van der Waals surface area contributed by atoms with Gasteiger partial charge in [0.1, 0.15) is 0 Å². The Labute approximate surface area is 271 Å². The van der Waals surface area contributed by atoms with Crippen molar-refractivity contribution < 1.29 is 0 Å². The number of para-hydroxylation sites is 2. The molecule has 0 radical (unpaired) electrons. The van der Waals surface area contributed by atoms with Crippen LogP contribution < -0.4 is 5.56 Å². The summed E-state index contributed by atoms with van der Waals surface area (Å²) in [7, 11) is 0. The normalized spacial score (nSPS) is 11.9. The van der Waals surface area contributed by atoms with Crippen molar-refractivity contribution in [2.45, 2.75) is 0 Å². The Kier molecular flexibility index (Phi) is 5.50. The lowest BCUT2D eigenvalue weighted by molar-refractivity contribution is 1.01. The fraction of sp³-hybridized carbons (Fsp3) is 0. The van der Waals surface area contributed by atoms with Gasteiger partial charge in [-0.2, -0.15) is 0 Å². The predicted octanol–water partition coefficient (Wildman–Crippen LogP) is 9.44. The summed E-state index contributed by atoms with van der Waals surface area (Å²) in [5.41, 5.74) is 8.61. The first kappa shape index (κ1) is 26.1. The van der Waals surface area contributed by atoms with Crippen molar-refractivity contribution in [3.05, 3.63) is 150 Å². The third kappa shape index (κ3) is 3.90. The van der Waals surface area contributed by atoms with Gasteiger partial charge in [0.2, 0.25) is 5.95 Å². The highest BCUT2D eigenvalue weighted by atomic mass is 32.1. The zero-order valence-corrected chi connectivity index (χ0v) is 25.6. The quantitative estimate of drug-likeness (QED) is 0.197. The molecule has 0 N–H and O–H groups in total. The summed E-state index contributed by atoms with van der Waals surface area (Å²) >= 11 is 1.53. The lowest BCUT2D eigenvalue weighted by Crippen LogP contribution is -2.11. The molecule has 47 heavy (non-hydrogen) atoms. The summed E-state index contributed by atoms with van der Waals surface area (Å²) in [5.74, 6) is 0.634. The highest BCUT2D eigenvalue weighted by Crippen LogP contribution is 2.36. The van der Waals surface area contributed by atoms with E-state index in [2.05, 4.69) is 77.4 Å². The van der Waals surface area contributed by atoms with Gasteiger partial charge in [0.05, 0.1) is 38.7 Å². The number of imidazole rings is 1. The Hall–Kier alpha value is -6.18. The second-order valence-electron chi connectivity index (χ2n) is 11.7. The molecule has 0 unspecified atom stereocenters. The van der Waals surface area contributed by atoms with Gasteiger partial charge in [-0.25, -0.2) is 19.4 Å². The second-order valence-corrected chi connectivity index (χ2v) is 12.7. The average molecular weight is 622 g/mol. The van der Waals surface area contributed by atoms with Crippen molar-refractivity contribution >= 4 is 70.1 Å². The molecule has 0 saturated carbocycles. The van der Waals surface area contributed by atoms with Crippen LogP contribution in [0.25, 0.3) is 87.1 Å². The fourth-order valence-electron chi connectivity index (χ4n) is 6.80. The van der Waals surface area contributed by atoms with Crippen LogP contribution in [0.2, 0.25) is 0 Å². The first-order valence-corrected chi connectivity index (χ1v) is 16.2. The largest absolute Gasteiger partial charge is 0.278 e. The Balaban J connectivity index is 1.17. The Morgan fingerprint density at radius 1 is 0.489 bits per heavy atom. The summed E-state index contributed by atoms with van der Waals surface area (Å²) in [6.45, 7) is 0. The summed E-state index contributed by atoms with van der Waals surface area (Å²) in [6, 6.07) is 47.3. The van der Waals surface area contributed by atoms with Gasteiger partial charge in [-0.05, 0) is 59.7 Å². The van der Waals surface area contributed by atoms with E-state index in [-0.39, 0.29) is 5.56 Å². The van der Waals surface area contributed by atoms with Gasteiger partial charge in [0.15, 0.2) is 4.96 Å². The zero-order chi connectivity index (χ0) is 31.1. The van der Waals surface area contributed by atoms with Crippen molar-refractivity contribution in [1.82, 2.24) is 23.9 Å². The van der Waals surface area contributed by atoms with Gasteiger partial charge < -0.3 is 0 Å². The molecule has 0 fully saturated rings. The lowest BCUT2D eigenvalue weighted by atomic mass is 10.0. The standard InChI is InChI=1S/C40H23N5OS/c46-38-29-14-6-9-17-36(29)47-40-42-32-23-26(19-21-35(32)45(38)40)25-18-20-34-30(22-25)27-12-5-8-16-33(27)44(34)39-41-31-15-7-4-13-28(31)37(43-39)24-10-2-1-3-11-24/h1-23H. The Morgan fingerprint density at radius 2 is 1.17 bits per heavy atom. The van der Waals surface area contributed by atoms with Crippen LogP contribution in [0.3, 0.4) is 0 Å². The van der Waals surface area contributed by atoms with E-state index in [1.807, 2.05) is 66.7 Å². The van der Waals surface area contributed by atoms with Gasteiger partial charge in [-0.15, -0.1) is 0 Å². The molecule has 0 bridgehead atoms. The molecular weight excluding hydrogens is 599 g/mol. The summed E-state index contributed by atoms with van der Waals surface area (Å²) in [6.07, 6.45) is 0. The fourth-order valence-corrected chi connectivity index (χ4v) is 7.83. The minimum Gasteiger partial charge on any atom is -0.278 e. The third-order valence-electron chi connectivity index (χ3n) is 8.99. The molecular formula is C40H23N5OS. The van der Waals surface area contributed by atoms with E-state index in [1.54, 1.807) is 4.40 Å². The van der Waals surface area contributed by atoms with Crippen molar-refractivity contribution in [3.63, 3.8) is 0 Å². The first-order valence-electron chi connectivity index (χ1n) is 15.4. The molecule has 0 amide bonds.